The van der Waals surface area contributed by atoms with Gasteiger partial charge in [0.25, 0.3) is 0 Å². The van der Waals surface area contributed by atoms with Crippen molar-refractivity contribution in [3.05, 3.63) is 34.6 Å². The molecule has 0 aliphatic carbocycles. The number of aliphatic hydroxyl groups excluding tert-OH is 1. The first-order valence-corrected chi connectivity index (χ1v) is 6.52. The van der Waals surface area contributed by atoms with Gasteiger partial charge in [-0.1, -0.05) is 38.3 Å². The molecule has 0 amide bonds. The number of aliphatic hydroxyl groups is 1. The van der Waals surface area contributed by atoms with Crippen LogP contribution in [0.25, 0.3) is 0 Å². The van der Waals surface area contributed by atoms with Crippen LogP contribution in [0.5, 0.6) is 0 Å². The lowest BCUT2D eigenvalue weighted by Gasteiger charge is -2.18. The molecule has 0 bridgehead atoms. The van der Waals surface area contributed by atoms with Gasteiger partial charge >= 0.3 is 0 Å². The Kier molecular flexibility index (Phi) is 5.76. The van der Waals surface area contributed by atoms with E-state index in [1.807, 2.05) is 13.8 Å². The number of benzene rings is 1. The topological polar surface area (TPSA) is 37.3 Å². The van der Waals surface area contributed by atoms with Crippen LogP contribution in [0, 0.1) is 11.7 Å². The SMILES string of the molecule is CCC(CC)C(O)C(=O)Cc1cc(Cl)ccc1F. The molecule has 0 aromatic heterocycles. The van der Waals surface area contributed by atoms with E-state index < -0.39 is 11.9 Å². The molecule has 0 spiro atoms. The van der Waals surface area contributed by atoms with E-state index >= 15 is 0 Å². The molecule has 1 N–H and O–H groups in total. The lowest BCUT2D eigenvalue weighted by molar-refractivity contribution is -0.129. The molecule has 0 heterocycles. The maximum absolute atomic E-state index is 13.5. The number of halogens is 2. The molecular weight excluding hydrogens is 255 g/mol. The van der Waals surface area contributed by atoms with Crippen molar-refractivity contribution in [2.24, 2.45) is 5.92 Å². The number of rotatable bonds is 6. The van der Waals surface area contributed by atoms with Crippen molar-refractivity contribution in [2.75, 3.05) is 0 Å². The van der Waals surface area contributed by atoms with Gasteiger partial charge in [0.15, 0.2) is 5.78 Å². The average Bonchev–Trinajstić information content (AvgIpc) is 2.35. The van der Waals surface area contributed by atoms with Gasteiger partial charge in [0.2, 0.25) is 0 Å². The highest BCUT2D eigenvalue weighted by atomic mass is 35.5. The minimum atomic E-state index is -1.03. The second kappa shape index (κ2) is 6.86. The van der Waals surface area contributed by atoms with Gasteiger partial charge in [-0.05, 0) is 29.7 Å². The summed E-state index contributed by atoms with van der Waals surface area (Å²) in [5.41, 5.74) is 0.234. The van der Waals surface area contributed by atoms with Crippen molar-refractivity contribution < 1.29 is 14.3 Å². The molecule has 1 rings (SSSR count). The summed E-state index contributed by atoms with van der Waals surface area (Å²) in [7, 11) is 0. The van der Waals surface area contributed by atoms with Gasteiger partial charge in [0.1, 0.15) is 11.9 Å². The zero-order valence-electron chi connectivity index (χ0n) is 10.6. The molecule has 0 saturated carbocycles. The van der Waals surface area contributed by atoms with E-state index in [2.05, 4.69) is 0 Å². The summed E-state index contributed by atoms with van der Waals surface area (Å²) in [6.45, 7) is 3.84. The van der Waals surface area contributed by atoms with Gasteiger partial charge < -0.3 is 5.11 Å². The smallest absolute Gasteiger partial charge is 0.166 e. The molecular formula is C14H18ClFO2. The normalized spacial score (nSPS) is 12.8. The van der Waals surface area contributed by atoms with E-state index in [1.165, 1.54) is 18.2 Å². The Labute approximate surface area is 112 Å². The van der Waals surface area contributed by atoms with Gasteiger partial charge in [-0.2, -0.15) is 0 Å². The number of hydrogen-bond acceptors (Lipinski definition) is 2. The van der Waals surface area contributed by atoms with Crippen LogP contribution < -0.4 is 0 Å². The van der Waals surface area contributed by atoms with Crippen LogP contribution in [-0.2, 0) is 11.2 Å². The van der Waals surface area contributed by atoms with Crippen molar-refractivity contribution in [1.29, 1.82) is 0 Å². The molecule has 4 heteroatoms. The van der Waals surface area contributed by atoms with Crippen molar-refractivity contribution in [2.45, 2.75) is 39.2 Å². The summed E-state index contributed by atoms with van der Waals surface area (Å²) < 4.78 is 13.5. The summed E-state index contributed by atoms with van der Waals surface area (Å²) in [6.07, 6.45) is 0.297. The summed E-state index contributed by atoms with van der Waals surface area (Å²) in [6, 6.07) is 4.09. The van der Waals surface area contributed by atoms with Crippen LogP contribution >= 0.6 is 11.6 Å². The maximum Gasteiger partial charge on any atom is 0.166 e. The van der Waals surface area contributed by atoms with Gasteiger partial charge in [-0.3, -0.25) is 4.79 Å². The molecule has 0 radical (unpaired) electrons. The molecule has 1 unspecified atom stereocenters. The van der Waals surface area contributed by atoms with Gasteiger partial charge in [0.05, 0.1) is 0 Å². The summed E-state index contributed by atoms with van der Waals surface area (Å²) in [5, 5.41) is 10.3. The van der Waals surface area contributed by atoms with Crippen LogP contribution in [0.15, 0.2) is 18.2 Å². The summed E-state index contributed by atoms with van der Waals surface area (Å²) in [5.74, 6) is -0.894. The van der Waals surface area contributed by atoms with Crippen LogP contribution in [0.2, 0.25) is 5.02 Å². The number of Topliss-reactive ketones (excluding diaryl/α,β-unsaturated/α-hetero) is 1. The Hall–Kier alpha value is -0.930. The van der Waals surface area contributed by atoms with Crippen molar-refractivity contribution in [3.8, 4) is 0 Å². The summed E-state index contributed by atoms with van der Waals surface area (Å²) >= 11 is 5.76. The van der Waals surface area contributed by atoms with Gasteiger partial charge in [0, 0.05) is 11.4 Å². The zero-order chi connectivity index (χ0) is 13.7. The second-order valence-corrected chi connectivity index (χ2v) is 4.84. The monoisotopic (exact) mass is 272 g/mol. The molecule has 0 aliphatic rings. The predicted octanol–water partition coefficient (Wildman–Crippen LogP) is 3.39. The zero-order valence-corrected chi connectivity index (χ0v) is 11.4. The van der Waals surface area contributed by atoms with E-state index in [9.17, 15) is 14.3 Å². The Morgan fingerprint density at radius 3 is 2.56 bits per heavy atom. The molecule has 0 aliphatic heterocycles. The van der Waals surface area contributed by atoms with Crippen molar-refractivity contribution >= 4 is 17.4 Å². The van der Waals surface area contributed by atoms with E-state index in [0.717, 1.165) is 12.8 Å². The Morgan fingerprint density at radius 1 is 1.39 bits per heavy atom. The van der Waals surface area contributed by atoms with Crippen LogP contribution in [-0.4, -0.2) is 17.0 Å². The molecule has 0 fully saturated rings. The van der Waals surface area contributed by atoms with E-state index in [-0.39, 0.29) is 23.7 Å². The average molecular weight is 273 g/mol. The molecule has 18 heavy (non-hydrogen) atoms. The molecule has 0 saturated heterocycles. The summed E-state index contributed by atoms with van der Waals surface area (Å²) in [4.78, 5) is 11.9. The van der Waals surface area contributed by atoms with Crippen LogP contribution in [0.3, 0.4) is 0 Å². The fraction of sp³-hybridized carbons (Fsp3) is 0.500. The fourth-order valence-corrected chi connectivity index (χ4v) is 2.16. The minimum Gasteiger partial charge on any atom is -0.385 e. The lowest BCUT2D eigenvalue weighted by atomic mass is 9.91. The van der Waals surface area contributed by atoms with Gasteiger partial charge in [-0.15, -0.1) is 0 Å². The first-order chi connectivity index (χ1) is 8.49. The Balaban J connectivity index is 2.78. The van der Waals surface area contributed by atoms with E-state index in [0.29, 0.717) is 5.02 Å². The highest BCUT2D eigenvalue weighted by Crippen LogP contribution is 2.19. The maximum atomic E-state index is 13.5. The molecule has 1 aromatic carbocycles. The van der Waals surface area contributed by atoms with E-state index in [1.54, 1.807) is 0 Å². The molecule has 1 atom stereocenters. The highest BCUT2D eigenvalue weighted by molar-refractivity contribution is 6.30. The van der Waals surface area contributed by atoms with Gasteiger partial charge in [-0.25, -0.2) is 4.39 Å². The Morgan fingerprint density at radius 2 is 2.00 bits per heavy atom. The Bertz CT molecular complexity index is 416. The quantitative estimate of drug-likeness (QED) is 0.862. The number of hydrogen-bond donors (Lipinski definition) is 1. The lowest BCUT2D eigenvalue weighted by Crippen LogP contribution is -2.30. The first-order valence-electron chi connectivity index (χ1n) is 6.14. The third-order valence-electron chi connectivity index (χ3n) is 3.20. The highest BCUT2D eigenvalue weighted by Gasteiger charge is 2.24. The largest absolute Gasteiger partial charge is 0.385 e. The fourth-order valence-electron chi connectivity index (χ4n) is 1.97. The van der Waals surface area contributed by atoms with E-state index in [4.69, 9.17) is 11.6 Å². The van der Waals surface area contributed by atoms with Crippen LogP contribution in [0.1, 0.15) is 32.3 Å². The van der Waals surface area contributed by atoms with Crippen LogP contribution in [0.4, 0.5) is 4.39 Å². The van der Waals surface area contributed by atoms with Crippen molar-refractivity contribution in [3.63, 3.8) is 0 Å². The third-order valence-corrected chi connectivity index (χ3v) is 3.43. The molecule has 100 valence electrons. The number of carbonyl (C=O) groups excluding carboxylic acids is 1. The first kappa shape index (κ1) is 15.1. The standard InChI is InChI=1S/C14H18ClFO2/c1-3-9(4-2)14(18)13(17)8-10-7-11(15)5-6-12(10)16/h5-7,9,14,18H,3-4,8H2,1-2H3. The molecule has 2 nitrogen and oxygen atoms in total. The number of carbonyl (C=O) groups is 1. The third kappa shape index (κ3) is 3.79. The molecule has 1 aromatic rings. The minimum absolute atomic E-state index is 0.0697. The number of ketones is 1. The predicted molar refractivity (Wildman–Crippen MR) is 70.2 cm³/mol. The second-order valence-electron chi connectivity index (χ2n) is 4.40. The van der Waals surface area contributed by atoms with Crippen molar-refractivity contribution in [1.82, 2.24) is 0 Å².